The fourth-order valence-electron chi connectivity index (χ4n) is 17.3. The number of rotatable bonds is 40. The van der Waals surface area contributed by atoms with E-state index in [0.717, 1.165) is 36.6 Å². The molecule has 4 aromatic carbocycles. The van der Waals surface area contributed by atoms with Crippen molar-refractivity contribution in [1.29, 1.82) is 0 Å². The number of aryl methyl sites for hydroxylation is 4. The Balaban J connectivity index is 0.000000151. The Morgan fingerprint density at radius 3 is 0.958 bits per heavy atom. The lowest BCUT2D eigenvalue weighted by Crippen LogP contribution is -2.33. The number of anilines is 4. The van der Waals surface area contributed by atoms with Crippen molar-refractivity contribution in [1.82, 2.24) is 99.8 Å². The predicted molar refractivity (Wildman–Crippen MR) is 530 cm³/mol. The second-order valence-corrected chi connectivity index (χ2v) is 38.3. The molecule has 8 fully saturated rings. The van der Waals surface area contributed by atoms with Crippen molar-refractivity contribution in [2.24, 2.45) is 0 Å². The van der Waals surface area contributed by atoms with E-state index >= 15 is 0 Å². The van der Waals surface area contributed by atoms with Gasteiger partial charge in [0, 0.05) is 115 Å². The second kappa shape index (κ2) is 47.3. The molecule has 12 aromatic rings. The van der Waals surface area contributed by atoms with Crippen LogP contribution in [0.15, 0.2) is 93.4 Å². The zero-order chi connectivity index (χ0) is 125. The van der Waals surface area contributed by atoms with Crippen LogP contribution in [-0.4, -0.2) is 334 Å². The number of ether oxygens (including phenoxy) is 4. The van der Waals surface area contributed by atoms with Crippen LogP contribution < -0.4 is 21.3 Å². The zero-order valence-corrected chi connectivity index (χ0v) is 81.5. The Hall–Kier alpha value is -9.52. The molecule has 0 aliphatic heterocycles. The van der Waals surface area contributed by atoms with Gasteiger partial charge in [-0.1, -0.05) is 144 Å². The van der Waals surface area contributed by atoms with E-state index in [0.29, 0.717) is 97.1 Å². The van der Waals surface area contributed by atoms with E-state index in [1.807, 2.05) is 6.92 Å². The summed E-state index contributed by atoms with van der Waals surface area (Å²) in [7, 11) is 0. The average Bonchev–Trinajstić information content (AvgIpc) is 1.51. The van der Waals surface area contributed by atoms with Gasteiger partial charge in [0.15, 0.2) is 88.6 Å². The van der Waals surface area contributed by atoms with Gasteiger partial charge in [-0.3, -0.25) is 0 Å². The third-order valence-corrected chi connectivity index (χ3v) is 28.4. The quantitative estimate of drug-likeness (QED) is 0.00969. The highest BCUT2D eigenvalue weighted by atomic mass is 32.2. The maximum absolute atomic E-state index is 14.3. The summed E-state index contributed by atoms with van der Waals surface area (Å²) in [4.78, 5) is 35.1. The molecular weight excluding hydrogens is 1950 g/mol. The van der Waals surface area contributed by atoms with Gasteiger partial charge in [-0.2, -0.15) is 0 Å². The van der Waals surface area contributed by atoms with Crippen LogP contribution in [0.4, 0.5) is 40.8 Å². The molecule has 20 rings (SSSR count). The summed E-state index contributed by atoms with van der Waals surface area (Å²) in [6.45, 7) is -2.11. The van der Waals surface area contributed by atoms with Gasteiger partial charge in [0.1, 0.15) is 72.1 Å². The van der Waals surface area contributed by atoms with E-state index in [4.69, 9.17) is 59.7 Å². The van der Waals surface area contributed by atoms with Crippen LogP contribution in [0.1, 0.15) is 233 Å². The van der Waals surface area contributed by atoms with Crippen molar-refractivity contribution >= 4 is 115 Å². The fourth-order valence-corrected chi connectivity index (χ4v) is 19.4. The lowest BCUT2D eigenvalue weighted by Gasteiger charge is -2.17. The third kappa shape index (κ3) is 23.8. The summed E-state index contributed by atoms with van der Waals surface area (Å²) < 4.78 is 292. The van der Waals surface area contributed by atoms with E-state index in [9.17, 15) is 73.7 Å². The Morgan fingerprint density at radius 2 is 0.667 bits per heavy atom. The number of aliphatic hydroxyl groups is 12. The summed E-state index contributed by atoms with van der Waals surface area (Å²) in [6, 6.07) is 8.69. The highest BCUT2D eigenvalue weighted by Gasteiger charge is 2.51. The minimum Gasteiger partial charge on any atom is -0.394 e. The predicted octanol–water partition coefficient (Wildman–Crippen LogP) is 8.73. The third-order valence-electron chi connectivity index (χ3n) is 25.3. The largest absolute Gasteiger partial charge is 0.394 e. The van der Waals surface area contributed by atoms with Crippen molar-refractivity contribution in [3.8, 4) is 0 Å². The molecule has 776 valence electrons. The molecule has 16 N–H and O–H groups in total. The van der Waals surface area contributed by atoms with Crippen molar-refractivity contribution in [2.75, 3.05) is 96.8 Å². The molecule has 8 saturated carbocycles. The van der Waals surface area contributed by atoms with Gasteiger partial charge in [0.25, 0.3) is 0 Å². The van der Waals surface area contributed by atoms with Crippen molar-refractivity contribution in [3.05, 3.63) is 141 Å². The van der Waals surface area contributed by atoms with Gasteiger partial charge >= 0.3 is 0 Å². The fraction of sp³-hybridized carbons (Fsp3) is 0.583. The molecule has 0 radical (unpaired) electrons. The van der Waals surface area contributed by atoms with E-state index in [1.165, 1.54) is 45.4 Å². The molecule has 0 unspecified atom stereocenters. The van der Waals surface area contributed by atoms with Crippen LogP contribution in [0.3, 0.4) is 0 Å². The summed E-state index contributed by atoms with van der Waals surface area (Å²) in [5.41, 5.74) is -3.25. The number of aliphatic hydroxyl groups excluding tert-OH is 10. The van der Waals surface area contributed by atoms with Gasteiger partial charge in [0.2, 0.25) is 0 Å². The van der Waals surface area contributed by atoms with Gasteiger partial charge < -0.3 is 101 Å². The zero-order valence-electron chi connectivity index (χ0n) is 104. The minimum atomic E-state index is -3.43. The number of benzene rings is 4. The normalized spacial score (nSPS) is 33.7. The number of fused-ring (bicyclic) bond motifs is 4. The summed E-state index contributed by atoms with van der Waals surface area (Å²) >= 11 is 2.53. The van der Waals surface area contributed by atoms with Gasteiger partial charge in [0.05, 0.1) is 118 Å². The molecule has 8 aromatic heterocycles. The number of nitrogens with one attached hydrogen (secondary N) is 4. The van der Waals surface area contributed by atoms with Crippen LogP contribution >= 0.6 is 47.0 Å². The van der Waals surface area contributed by atoms with E-state index in [1.54, 1.807) is 76.2 Å². The molecule has 8 aliphatic carbocycles. The molecule has 0 amide bonds. The first-order chi connectivity index (χ1) is 78.7. The van der Waals surface area contributed by atoms with Crippen molar-refractivity contribution < 1.29 is 133 Å². The van der Waals surface area contributed by atoms with Gasteiger partial charge in [-0.25, -0.2) is 76.2 Å². The lowest BCUT2D eigenvalue weighted by molar-refractivity contribution is -0.0629. The van der Waals surface area contributed by atoms with Gasteiger partial charge in [-0.15, -0.1) is 20.4 Å². The number of hydrogen-bond donors (Lipinski definition) is 16. The first-order valence-corrected chi connectivity index (χ1v) is 49.2. The second-order valence-electron chi connectivity index (χ2n) is 34.9. The number of thioether (sulfide) groups is 4. The topological polar surface area (TPSA) is 554 Å². The summed E-state index contributed by atoms with van der Waals surface area (Å²) in [6.07, 6.45) is -24.1. The van der Waals surface area contributed by atoms with Crippen LogP contribution in [0.5, 0.6) is 0 Å². The molecule has 48 heteroatoms. The number of nitrogens with zero attached hydrogens (tertiary/aromatic N) is 20. The van der Waals surface area contributed by atoms with Crippen molar-refractivity contribution in [3.63, 3.8) is 0 Å². The summed E-state index contributed by atoms with van der Waals surface area (Å²) in [5, 5.41) is 167. The van der Waals surface area contributed by atoms with Crippen LogP contribution in [0, 0.1) is 51.0 Å². The first-order valence-electron chi connectivity index (χ1n) is 58.8. The minimum absolute atomic E-state index is 0.00689. The molecule has 40 nitrogen and oxygen atoms in total. The van der Waals surface area contributed by atoms with E-state index < -0.39 is 250 Å². The maximum atomic E-state index is 14.3. The lowest BCUT2D eigenvalue weighted by atomic mass is 10.1. The van der Waals surface area contributed by atoms with Crippen LogP contribution in [0.25, 0.3) is 44.7 Å². The van der Waals surface area contributed by atoms with Crippen molar-refractivity contribution in [2.45, 2.75) is 298 Å². The van der Waals surface area contributed by atoms with E-state index in [-0.39, 0.29) is 135 Å². The monoisotopic (exact) mass is 2100 g/mol. The molecule has 0 saturated heterocycles. The summed E-state index contributed by atoms with van der Waals surface area (Å²) in [5.74, 6) is -3.25. The number of hydrogen-bond acceptors (Lipinski definition) is 40. The Bertz CT molecular complexity index is 7800. The molecule has 0 bridgehead atoms. The standard InChI is InChI=1S/4C24H31FN6O4S/c4*1-3-8-36-24-27-22(26-16-10-14(16)13-5-4-12(2)15(25)9-13)19-23(28-24)31(30-29-19)17-11-18(35-7-6-32)21(34)20(17)33/h4*4-5,9,14,16-18,20-21,32-34H,3,6-8,10-11H2,1-2H3,(H,26,27,28)/t4*14-,16+,17+,18-,20-,21+/m0000/s1/i3D2,6D2,7D2,8D2,16D;3D2,7D2,8D2,16D;3D2,6D2,8D2,16D;10D2,16D. The molecule has 0 spiro atoms. The highest BCUT2D eigenvalue weighted by molar-refractivity contribution is 7.99. The number of aromatic nitrogens is 20. The molecule has 144 heavy (non-hydrogen) atoms. The smallest absolute Gasteiger partial charge is 0.191 e. The van der Waals surface area contributed by atoms with E-state index in [2.05, 4.69) is 102 Å². The average molecular weight is 2100 g/mol. The molecular formula is C96H124F4N24O16S4. The molecule has 8 heterocycles. The van der Waals surface area contributed by atoms with Gasteiger partial charge in [-0.05, 0) is 148 Å². The molecule has 24 atom stereocenters. The Kier molecular flexibility index (Phi) is 25.3. The highest BCUT2D eigenvalue weighted by Crippen LogP contribution is 2.50. The Labute approximate surface area is 880 Å². The maximum Gasteiger partial charge on any atom is 0.191 e. The number of halogens is 4. The SMILES string of the molecule is [2H]C([2H])(C)C([2H])([2H])Sc1nc(N[C@]2([2H])C[C@H]2c2ccc(C)c(F)c2)c2nnn([C@@H]3C[C@H](OC([2H])([2H])C([2H])([2H])O)[C@@H](O)[C@H]3O)c2n1.[2H]C([2H])(CO)O[C@H]1C[C@@H](n2nnc3c(N[C@]4([2H])C[C@H]4c4ccc(C)c(F)c4)nc(SC([2H])([2H])C([2H])([2H])C)nc32)[C@H](O)[C@@H]1O.[2H]C([2H])(O)CO[C@H]1C[C@@H](n2nnc3c(N[C@]4([2H])C[C@H]4c4ccc(C)c(F)c4)nc(SC([2H])([2H])C([2H])([2H])C)nc32)[C@H](O)[C@@H]1O.[2H]C1([2H])[C@@H](c2ccc(C)c(F)c2)[C@]1([2H])Nc1nc(SCCC)nc2c1nnn2[C@@H]1C[C@H](OCCO)[C@@H](O)[C@H]1O. The molecule has 8 aliphatic rings. The van der Waals surface area contributed by atoms with Crippen LogP contribution in [0.2, 0.25) is 0 Å². The van der Waals surface area contributed by atoms with Crippen LogP contribution in [-0.2, 0) is 18.9 Å². The first kappa shape index (κ1) is 76.9. The Morgan fingerprint density at radius 1 is 0.368 bits per heavy atom.